The Hall–Kier alpha value is -0.260. The molecule has 0 aliphatic heterocycles. The molecule has 0 radical (unpaired) electrons. The van der Waals surface area contributed by atoms with Crippen molar-refractivity contribution in [3.8, 4) is 0 Å². The van der Waals surface area contributed by atoms with Crippen molar-refractivity contribution in [2.75, 3.05) is 0 Å². The topological polar surface area (TPSA) is 0 Å². The van der Waals surface area contributed by atoms with Crippen molar-refractivity contribution in [1.82, 2.24) is 0 Å². The highest BCUT2D eigenvalue weighted by Crippen LogP contribution is 2.26. The summed E-state index contributed by atoms with van der Waals surface area (Å²) in [5.41, 5.74) is 1.34. The zero-order valence-electron chi connectivity index (χ0n) is 9.90. The first kappa shape index (κ1) is 12.7. The molecule has 0 aromatic rings. The summed E-state index contributed by atoms with van der Waals surface area (Å²) in [4.78, 5) is 0. The van der Waals surface area contributed by atoms with Gasteiger partial charge >= 0.3 is 0 Å². The van der Waals surface area contributed by atoms with E-state index in [0.29, 0.717) is 0 Å². The zero-order chi connectivity index (χ0) is 10.3. The van der Waals surface area contributed by atoms with E-state index in [4.69, 9.17) is 0 Å². The minimum absolute atomic E-state index is 0.828. The lowest BCUT2D eigenvalue weighted by Crippen LogP contribution is -2.11. The zero-order valence-corrected chi connectivity index (χ0v) is 9.90. The highest BCUT2D eigenvalue weighted by atomic mass is 14.2. The Kier molecular flexibility index (Phi) is 7.03. The Bertz CT molecular complexity index is 135. The normalized spacial score (nSPS) is 15.4. The van der Waals surface area contributed by atoms with Crippen LogP contribution in [0.3, 0.4) is 0 Å². The summed E-state index contributed by atoms with van der Waals surface area (Å²) in [7, 11) is 0. The highest BCUT2D eigenvalue weighted by molar-refractivity contribution is 4.90. The Balaban J connectivity index is 3.83. The minimum Gasteiger partial charge on any atom is -0.100 e. The molecule has 0 aromatic heterocycles. The highest BCUT2D eigenvalue weighted by Gasteiger charge is 2.14. The van der Waals surface area contributed by atoms with Gasteiger partial charge in [0.1, 0.15) is 0 Å². The van der Waals surface area contributed by atoms with Gasteiger partial charge < -0.3 is 0 Å². The molecule has 0 heteroatoms. The summed E-state index contributed by atoms with van der Waals surface area (Å²) >= 11 is 0. The Morgan fingerprint density at radius 3 is 2.31 bits per heavy atom. The largest absolute Gasteiger partial charge is 0.100 e. The van der Waals surface area contributed by atoms with Crippen LogP contribution in [-0.2, 0) is 0 Å². The molecule has 2 atom stereocenters. The van der Waals surface area contributed by atoms with Gasteiger partial charge in [-0.25, -0.2) is 0 Å². The molecule has 0 N–H and O–H groups in total. The van der Waals surface area contributed by atoms with Crippen molar-refractivity contribution in [1.29, 1.82) is 0 Å². The molecule has 0 aliphatic carbocycles. The fourth-order valence-electron chi connectivity index (χ4n) is 2.07. The third kappa shape index (κ3) is 5.90. The fraction of sp³-hybridized carbons (Fsp3) is 0.846. The van der Waals surface area contributed by atoms with Gasteiger partial charge in [0.15, 0.2) is 0 Å². The van der Waals surface area contributed by atoms with Crippen LogP contribution in [0.2, 0.25) is 0 Å². The summed E-state index contributed by atoms with van der Waals surface area (Å²) in [5.74, 6) is 1.74. The molecular formula is C13H26. The van der Waals surface area contributed by atoms with Crippen molar-refractivity contribution in [3.63, 3.8) is 0 Å². The van der Waals surface area contributed by atoms with E-state index in [9.17, 15) is 0 Å². The molecule has 0 spiro atoms. The second-order valence-electron chi connectivity index (χ2n) is 4.45. The standard InChI is InChI=1S/C13H26/c1-6-8-9-13(7-2)12(5)10-11(3)4/h12-13H,3,6-10H2,1-2,4-5H3. The molecular weight excluding hydrogens is 156 g/mol. The maximum absolute atomic E-state index is 3.99. The maximum Gasteiger partial charge on any atom is -0.0297 e. The second kappa shape index (κ2) is 7.17. The van der Waals surface area contributed by atoms with Gasteiger partial charge in [-0.1, -0.05) is 52.0 Å². The average molecular weight is 182 g/mol. The van der Waals surface area contributed by atoms with E-state index in [1.54, 1.807) is 0 Å². The van der Waals surface area contributed by atoms with Crippen molar-refractivity contribution >= 4 is 0 Å². The van der Waals surface area contributed by atoms with Crippen LogP contribution in [0.25, 0.3) is 0 Å². The van der Waals surface area contributed by atoms with E-state index in [1.165, 1.54) is 37.7 Å². The Morgan fingerprint density at radius 1 is 1.31 bits per heavy atom. The summed E-state index contributed by atoms with van der Waals surface area (Å²) in [5, 5.41) is 0. The predicted octanol–water partition coefficient (Wildman–Crippen LogP) is 4.81. The van der Waals surface area contributed by atoms with Gasteiger partial charge in [-0.3, -0.25) is 0 Å². The van der Waals surface area contributed by atoms with E-state index in [-0.39, 0.29) is 0 Å². The van der Waals surface area contributed by atoms with E-state index in [1.807, 2.05) is 0 Å². The third-order valence-electron chi connectivity index (χ3n) is 2.93. The van der Waals surface area contributed by atoms with Gasteiger partial charge in [0.25, 0.3) is 0 Å². The van der Waals surface area contributed by atoms with Crippen molar-refractivity contribution in [2.45, 2.75) is 59.8 Å². The quantitative estimate of drug-likeness (QED) is 0.496. The van der Waals surface area contributed by atoms with E-state index >= 15 is 0 Å². The van der Waals surface area contributed by atoms with Crippen LogP contribution < -0.4 is 0 Å². The first-order chi connectivity index (χ1) is 6.11. The average Bonchev–Trinajstić information content (AvgIpc) is 2.04. The summed E-state index contributed by atoms with van der Waals surface area (Å²) in [6, 6.07) is 0. The Morgan fingerprint density at radius 2 is 1.92 bits per heavy atom. The molecule has 0 aromatic carbocycles. The molecule has 0 saturated heterocycles. The van der Waals surface area contributed by atoms with Gasteiger partial charge in [0.05, 0.1) is 0 Å². The molecule has 0 nitrogen and oxygen atoms in total. The van der Waals surface area contributed by atoms with Crippen LogP contribution in [-0.4, -0.2) is 0 Å². The fourth-order valence-corrected chi connectivity index (χ4v) is 2.07. The van der Waals surface area contributed by atoms with Gasteiger partial charge in [0.2, 0.25) is 0 Å². The molecule has 0 saturated carbocycles. The molecule has 0 bridgehead atoms. The molecule has 0 heterocycles. The molecule has 2 unspecified atom stereocenters. The van der Waals surface area contributed by atoms with Crippen molar-refractivity contribution in [3.05, 3.63) is 12.2 Å². The van der Waals surface area contributed by atoms with Crippen LogP contribution in [0.1, 0.15) is 59.8 Å². The van der Waals surface area contributed by atoms with E-state index in [0.717, 1.165) is 11.8 Å². The smallest absolute Gasteiger partial charge is 0.0297 e. The summed E-state index contributed by atoms with van der Waals surface area (Å²) in [6.45, 7) is 13.1. The first-order valence-electron chi connectivity index (χ1n) is 5.76. The lowest BCUT2D eigenvalue weighted by atomic mass is 9.84. The van der Waals surface area contributed by atoms with Crippen LogP contribution >= 0.6 is 0 Å². The molecule has 78 valence electrons. The van der Waals surface area contributed by atoms with Crippen molar-refractivity contribution in [2.24, 2.45) is 11.8 Å². The number of allylic oxidation sites excluding steroid dienone is 1. The number of hydrogen-bond acceptors (Lipinski definition) is 0. The lowest BCUT2D eigenvalue weighted by molar-refractivity contribution is 0.316. The third-order valence-corrected chi connectivity index (χ3v) is 2.93. The van der Waals surface area contributed by atoms with Crippen molar-refractivity contribution < 1.29 is 0 Å². The molecule has 0 amide bonds. The van der Waals surface area contributed by atoms with Gasteiger partial charge in [0, 0.05) is 0 Å². The molecule has 13 heavy (non-hydrogen) atoms. The van der Waals surface area contributed by atoms with Crippen LogP contribution in [0.4, 0.5) is 0 Å². The maximum atomic E-state index is 3.99. The van der Waals surface area contributed by atoms with Crippen LogP contribution in [0.15, 0.2) is 12.2 Å². The van der Waals surface area contributed by atoms with Crippen LogP contribution in [0, 0.1) is 11.8 Å². The van der Waals surface area contributed by atoms with E-state index < -0.39 is 0 Å². The predicted molar refractivity (Wildman–Crippen MR) is 61.9 cm³/mol. The van der Waals surface area contributed by atoms with Crippen LogP contribution in [0.5, 0.6) is 0 Å². The number of rotatable bonds is 7. The Labute approximate surface area is 84.4 Å². The first-order valence-corrected chi connectivity index (χ1v) is 5.76. The van der Waals surface area contributed by atoms with Gasteiger partial charge in [-0.2, -0.15) is 0 Å². The molecule has 0 fully saturated rings. The lowest BCUT2D eigenvalue weighted by Gasteiger charge is -2.22. The van der Waals surface area contributed by atoms with E-state index in [2.05, 4.69) is 34.3 Å². The SMILES string of the molecule is C=C(C)CC(C)C(CC)CCCC. The molecule has 0 rings (SSSR count). The number of unbranched alkanes of at least 4 members (excludes halogenated alkanes) is 1. The monoisotopic (exact) mass is 182 g/mol. The number of hydrogen-bond donors (Lipinski definition) is 0. The molecule has 0 aliphatic rings. The van der Waals surface area contributed by atoms with Gasteiger partial charge in [-0.05, 0) is 25.2 Å². The second-order valence-corrected chi connectivity index (χ2v) is 4.45. The summed E-state index contributed by atoms with van der Waals surface area (Å²) < 4.78 is 0. The minimum atomic E-state index is 0.828. The summed E-state index contributed by atoms with van der Waals surface area (Å²) in [6.07, 6.45) is 6.66. The van der Waals surface area contributed by atoms with Gasteiger partial charge in [-0.15, -0.1) is 6.58 Å².